The summed E-state index contributed by atoms with van der Waals surface area (Å²) < 4.78 is 5.23. The summed E-state index contributed by atoms with van der Waals surface area (Å²) in [6, 6.07) is 12.4. The van der Waals surface area contributed by atoms with Gasteiger partial charge in [0.1, 0.15) is 18.6 Å². The van der Waals surface area contributed by atoms with E-state index in [-0.39, 0.29) is 17.8 Å². The molecule has 1 fully saturated rings. The Morgan fingerprint density at radius 1 is 1.24 bits per heavy atom. The molecular formula is C17H18N4O4. The van der Waals surface area contributed by atoms with E-state index < -0.39 is 11.0 Å². The first kappa shape index (κ1) is 16.7. The molecule has 0 aliphatic heterocycles. The number of hydrogen-bond acceptors (Lipinski definition) is 6. The van der Waals surface area contributed by atoms with Crippen LogP contribution in [0.2, 0.25) is 0 Å². The molecule has 1 aliphatic carbocycles. The van der Waals surface area contributed by atoms with Crippen LogP contribution < -0.4 is 10.6 Å². The van der Waals surface area contributed by atoms with E-state index >= 15 is 0 Å². The summed E-state index contributed by atoms with van der Waals surface area (Å²) >= 11 is 0. The summed E-state index contributed by atoms with van der Waals surface area (Å²) in [7, 11) is 0. The van der Waals surface area contributed by atoms with Gasteiger partial charge in [-0.25, -0.2) is 9.78 Å². The highest BCUT2D eigenvalue weighted by Gasteiger charge is 2.44. The van der Waals surface area contributed by atoms with Gasteiger partial charge < -0.3 is 15.4 Å². The Morgan fingerprint density at radius 3 is 2.60 bits per heavy atom. The fourth-order valence-corrected chi connectivity index (χ4v) is 2.33. The lowest BCUT2D eigenvalue weighted by Gasteiger charge is -2.18. The average Bonchev–Trinajstić information content (AvgIpc) is 3.39. The summed E-state index contributed by atoms with van der Waals surface area (Å²) in [5, 5.41) is 16.6. The van der Waals surface area contributed by atoms with E-state index in [2.05, 4.69) is 15.6 Å². The number of pyridine rings is 1. The molecule has 1 amide bonds. The lowest BCUT2D eigenvalue weighted by molar-refractivity contribution is -0.385. The van der Waals surface area contributed by atoms with Crippen LogP contribution in [0.25, 0.3) is 0 Å². The molecule has 130 valence electrons. The quantitative estimate of drug-likeness (QED) is 0.592. The molecule has 8 nitrogen and oxygen atoms in total. The molecule has 0 saturated heterocycles. The van der Waals surface area contributed by atoms with Crippen molar-refractivity contribution in [3.05, 3.63) is 64.3 Å². The van der Waals surface area contributed by atoms with Crippen molar-refractivity contribution in [3.8, 4) is 0 Å². The number of aromatic nitrogens is 1. The van der Waals surface area contributed by atoms with Gasteiger partial charge in [-0.2, -0.15) is 0 Å². The number of benzene rings is 1. The molecule has 0 spiro atoms. The van der Waals surface area contributed by atoms with Crippen LogP contribution >= 0.6 is 0 Å². The second-order valence-electron chi connectivity index (χ2n) is 5.98. The molecule has 1 saturated carbocycles. The zero-order valence-electron chi connectivity index (χ0n) is 13.5. The van der Waals surface area contributed by atoms with Crippen molar-refractivity contribution >= 4 is 17.6 Å². The van der Waals surface area contributed by atoms with Crippen molar-refractivity contribution in [2.75, 3.05) is 11.9 Å². The predicted octanol–water partition coefficient (Wildman–Crippen LogP) is 2.86. The molecule has 0 radical (unpaired) electrons. The summed E-state index contributed by atoms with van der Waals surface area (Å²) in [5.41, 5.74) is 0.516. The molecule has 8 heteroatoms. The van der Waals surface area contributed by atoms with Gasteiger partial charge >= 0.3 is 6.09 Å². The van der Waals surface area contributed by atoms with Crippen molar-refractivity contribution in [2.24, 2.45) is 0 Å². The Kier molecular flexibility index (Phi) is 4.78. The van der Waals surface area contributed by atoms with Crippen LogP contribution in [0.1, 0.15) is 18.4 Å². The molecule has 3 rings (SSSR count). The van der Waals surface area contributed by atoms with Gasteiger partial charge in [-0.05, 0) is 24.5 Å². The molecular weight excluding hydrogens is 324 g/mol. The largest absolute Gasteiger partial charge is 0.445 e. The van der Waals surface area contributed by atoms with E-state index in [0.717, 1.165) is 18.4 Å². The molecule has 2 N–H and O–H groups in total. The molecule has 0 unspecified atom stereocenters. The molecule has 0 atom stereocenters. The highest BCUT2D eigenvalue weighted by Crippen LogP contribution is 2.35. The van der Waals surface area contributed by atoms with Gasteiger partial charge in [-0.1, -0.05) is 30.3 Å². The number of anilines is 1. The van der Waals surface area contributed by atoms with Crippen LogP contribution in [-0.4, -0.2) is 28.1 Å². The minimum Gasteiger partial charge on any atom is -0.445 e. The minimum atomic E-state index is -0.497. The predicted molar refractivity (Wildman–Crippen MR) is 91.1 cm³/mol. The molecule has 1 aliphatic rings. The van der Waals surface area contributed by atoms with Gasteiger partial charge in [-0.15, -0.1) is 0 Å². The van der Waals surface area contributed by atoms with Gasteiger partial charge in [0.2, 0.25) is 0 Å². The fraction of sp³-hybridized carbons (Fsp3) is 0.294. The number of rotatable bonds is 7. The highest BCUT2D eigenvalue weighted by atomic mass is 16.6. The standard InChI is InChI=1S/C17H18N4O4/c22-16(25-11-13-4-2-1-3-5-13)20-17(8-9-17)12-19-15-7-6-14(10-18-15)21(23)24/h1-7,10H,8-9,11-12H2,(H,18,19)(H,20,22). The third kappa shape index (κ3) is 4.66. The van der Waals surface area contributed by atoms with Gasteiger partial charge in [-0.3, -0.25) is 10.1 Å². The zero-order valence-corrected chi connectivity index (χ0v) is 13.5. The first-order chi connectivity index (χ1) is 12.1. The Bertz CT molecular complexity index is 745. The van der Waals surface area contributed by atoms with Crippen molar-refractivity contribution < 1.29 is 14.5 Å². The van der Waals surface area contributed by atoms with Gasteiger partial charge in [0.25, 0.3) is 5.69 Å². The normalized spacial score (nSPS) is 14.4. The van der Waals surface area contributed by atoms with E-state index in [1.807, 2.05) is 30.3 Å². The molecule has 0 bridgehead atoms. The maximum Gasteiger partial charge on any atom is 0.407 e. The van der Waals surface area contributed by atoms with Gasteiger partial charge in [0.05, 0.1) is 10.5 Å². The fourth-order valence-electron chi connectivity index (χ4n) is 2.33. The van der Waals surface area contributed by atoms with E-state index in [1.54, 1.807) is 6.07 Å². The zero-order chi connectivity index (χ0) is 17.7. The number of nitrogens with zero attached hydrogens (tertiary/aromatic N) is 2. The summed E-state index contributed by atoms with van der Waals surface area (Å²) in [6.07, 6.45) is 2.42. The number of amides is 1. The second kappa shape index (κ2) is 7.16. The van der Waals surface area contributed by atoms with Crippen LogP contribution in [0.4, 0.5) is 16.3 Å². The highest BCUT2D eigenvalue weighted by molar-refractivity contribution is 5.69. The van der Waals surface area contributed by atoms with Crippen LogP contribution in [0, 0.1) is 10.1 Å². The maximum absolute atomic E-state index is 12.0. The van der Waals surface area contributed by atoms with E-state index in [1.165, 1.54) is 12.3 Å². The average molecular weight is 342 g/mol. The summed E-state index contributed by atoms with van der Waals surface area (Å²) in [5.74, 6) is 0.524. The first-order valence-corrected chi connectivity index (χ1v) is 7.90. The smallest absolute Gasteiger partial charge is 0.407 e. The Balaban J connectivity index is 1.46. The summed E-state index contributed by atoms with van der Waals surface area (Å²) in [4.78, 5) is 26.1. The lowest BCUT2D eigenvalue weighted by atomic mass is 10.2. The molecule has 25 heavy (non-hydrogen) atoms. The first-order valence-electron chi connectivity index (χ1n) is 7.90. The van der Waals surface area contributed by atoms with Crippen molar-refractivity contribution in [1.29, 1.82) is 0 Å². The molecule has 2 aromatic rings. The molecule has 1 heterocycles. The second-order valence-corrected chi connectivity index (χ2v) is 5.98. The van der Waals surface area contributed by atoms with E-state index in [9.17, 15) is 14.9 Å². The number of nitro groups is 1. The van der Waals surface area contributed by atoms with Gasteiger partial charge in [0, 0.05) is 12.6 Å². The van der Waals surface area contributed by atoms with Crippen LogP contribution in [0.15, 0.2) is 48.7 Å². The Labute approximate surface area is 144 Å². The van der Waals surface area contributed by atoms with Crippen molar-refractivity contribution in [3.63, 3.8) is 0 Å². The third-order valence-corrected chi connectivity index (χ3v) is 4.00. The molecule has 1 aromatic heterocycles. The minimum absolute atomic E-state index is 0.0608. The van der Waals surface area contributed by atoms with Gasteiger partial charge in [0.15, 0.2) is 0 Å². The number of carbonyl (C=O) groups is 1. The monoisotopic (exact) mass is 342 g/mol. The maximum atomic E-state index is 12.0. The number of ether oxygens (including phenoxy) is 1. The van der Waals surface area contributed by atoms with Crippen LogP contribution in [-0.2, 0) is 11.3 Å². The summed E-state index contributed by atoms with van der Waals surface area (Å²) in [6.45, 7) is 0.707. The number of nitrogens with one attached hydrogen (secondary N) is 2. The topological polar surface area (TPSA) is 106 Å². The SMILES string of the molecule is O=C(NC1(CNc2ccc([N+](=O)[O-])cn2)CC1)OCc1ccccc1. The number of alkyl carbamates (subject to hydrolysis) is 1. The third-order valence-electron chi connectivity index (χ3n) is 4.00. The number of hydrogen-bond donors (Lipinski definition) is 2. The Hall–Kier alpha value is -3.16. The van der Waals surface area contributed by atoms with E-state index in [4.69, 9.17) is 4.74 Å². The van der Waals surface area contributed by atoms with E-state index in [0.29, 0.717) is 12.4 Å². The molecule has 1 aromatic carbocycles. The number of carbonyl (C=O) groups excluding carboxylic acids is 1. The Morgan fingerprint density at radius 2 is 2.00 bits per heavy atom. The van der Waals surface area contributed by atoms with Crippen LogP contribution in [0.3, 0.4) is 0 Å². The lowest BCUT2D eigenvalue weighted by Crippen LogP contribution is -2.42. The van der Waals surface area contributed by atoms with Crippen molar-refractivity contribution in [2.45, 2.75) is 25.0 Å². The van der Waals surface area contributed by atoms with Crippen molar-refractivity contribution in [1.82, 2.24) is 10.3 Å². The van der Waals surface area contributed by atoms with Crippen LogP contribution in [0.5, 0.6) is 0 Å².